The molecular formula is C15H12N2O2S. The van der Waals surface area contributed by atoms with E-state index in [-0.39, 0.29) is 4.90 Å². The Balaban J connectivity index is 2.26. The highest BCUT2D eigenvalue weighted by molar-refractivity contribution is 7.89. The summed E-state index contributed by atoms with van der Waals surface area (Å²) >= 11 is 0. The normalized spacial score (nSPS) is 11.7. The van der Waals surface area contributed by atoms with E-state index < -0.39 is 10.0 Å². The number of rotatable bonds is 2. The fourth-order valence-corrected chi connectivity index (χ4v) is 2.93. The third-order valence-corrected chi connectivity index (χ3v) is 4.06. The third kappa shape index (κ3) is 2.29. The zero-order chi connectivity index (χ0) is 14.2. The highest BCUT2D eigenvalue weighted by Gasteiger charge is 2.14. The highest BCUT2D eigenvalue weighted by Crippen LogP contribution is 2.27. The van der Waals surface area contributed by atoms with Crippen LogP contribution in [0.1, 0.15) is 0 Å². The maximum absolute atomic E-state index is 11.6. The van der Waals surface area contributed by atoms with E-state index in [1.165, 1.54) is 6.07 Å². The molecule has 0 saturated heterocycles. The van der Waals surface area contributed by atoms with Crippen molar-refractivity contribution in [2.24, 2.45) is 5.14 Å². The lowest BCUT2D eigenvalue weighted by atomic mass is 10.1. The molecule has 0 atom stereocenters. The molecule has 0 aliphatic rings. The minimum atomic E-state index is -3.76. The van der Waals surface area contributed by atoms with Gasteiger partial charge in [0, 0.05) is 22.7 Å². The van der Waals surface area contributed by atoms with Gasteiger partial charge in [-0.2, -0.15) is 0 Å². The summed E-state index contributed by atoms with van der Waals surface area (Å²) in [6, 6.07) is 16.2. The summed E-state index contributed by atoms with van der Waals surface area (Å²) in [5, 5.41) is 6.21. The zero-order valence-corrected chi connectivity index (χ0v) is 11.3. The van der Waals surface area contributed by atoms with Gasteiger partial charge in [0.05, 0.1) is 10.4 Å². The van der Waals surface area contributed by atoms with Crippen LogP contribution in [0.15, 0.2) is 65.7 Å². The van der Waals surface area contributed by atoms with Gasteiger partial charge in [0.15, 0.2) is 0 Å². The number of primary sulfonamides is 1. The second kappa shape index (κ2) is 4.70. The van der Waals surface area contributed by atoms with Crippen LogP contribution in [0.3, 0.4) is 0 Å². The Hall–Kier alpha value is -2.24. The smallest absolute Gasteiger partial charge is 0.238 e. The fourth-order valence-electron chi connectivity index (χ4n) is 2.17. The molecule has 0 saturated carbocycles. The molecule has 0 radical (unpaired) electrons. The van der Waals surface area contributed by atoms with Gasteiger partial charge in [-0.15, -0.1) is 0 Å². The van der Waals surface area contributed by atoms with Crippen molar-refractivity contribution in [3.8, 4) is 11.1 Å². The molecule has 3 aromatic rings. The highest BCUT2D eigenvalue weighted by atomic mass is 32.2. The van der Waals surface area contributed by atoms with Crippen molar-refractivity contribution in [3.63, 3.8) is 0 Å². The van der Waals surface area contributed by atoms with Gasteiger partial charge in [-0.3, -0.25) is 4.98 Å². The van der Waals surface area contributed by atoms with Crippen LogP contribution in [0.25, 0.3) is 22.0 Å². The lowest BCUT2D eigenvalue weighted by molar-refractivity contribution is 0.598. The number of nitrogens with two attached hydrogens (primary N) is 1. The van der Waals surface area contributed by atoms with Crippen LogP contribution in [-0.2, 0) is 10.0 Å². The van der Waals surface area contributed by atoms with Crippen LogP contribution in [0.4, 0.5) is 0 Å². The summed E-state index contributed by atoms with van der Waals surface area (Å²) in [5.74, 6) is 0. The van der Waals surface area contributed by atoms with Gasteiger partial charge in [0.25, 0.3) is 0 Å². The van der Waals surface area contributed by atoms with Crippen molar-refractivity contribution in [2.45, 2.75) is 4.90 Å². The summed E-state index contributed by atoms with van der Waals surface area (Å²) in [4.78, 5) is 4.45. The van der Waals surface area contributed by atoms with E-state index >= 15 is 0 Å². The summed E-state index contributed by atoms with van der Waals surface area (Å²) in [6.07, 6.45) is 1.66. The predicted octanol–water partition coefficient (Wildman–Crippen LogP) is 2.55. The lowest BCUT2D eigenvalue weighted by Crippen LogP contribution is -2.13. The number of nitrogens with zero attached hydrogens (tertiary/aromatic N) is 1. The maximum atomic E-state index is 11.6. The van der Waals surface area contributed by atoms with Crippen molar-refractivity contribution in [3.05, 3.63) is 60.8 Å². The molecule has 5 heteroatoms. The number of fused-ring (bicyclic) bond motifs is 1. The molecule has 2 aromatic carbocycles. The average Bonchev–Trinajstić information content (AvgIpc) is 2.46. The van der Waals surface area contributed by atoms with Crippen molar-refractivity contribution >= 4 is 20.9 Å². The standard InChI is InChI=1S/C15H12N2O2S/c16-20(18,19)15-8-4-2-6-13(15)12-9-11-5-1-3-7-14(11)17-10-12/h1-10H,(H2,16,18,19). The Morgan fingerprint density at radius 2 is 1.65 bits per heavy atom. The van der Waals surface area contributed by atoms with Crippen molar-refractivity contribution < 1.29 is 8.42 Å². The molecular weight excluding hydrogens is 272 g/mol. The molecule has 3 rings (SSSR count). The molecule has 1 heterocycles. The van der Waals surface area contributed by atoms with Crippen molar-refractivity contribution in [1.29, 1.82) is 0 Å². The molecule has 0 unspecified atom stereocenters. The second-order valence-electron chi connectivity index (χ2n) is 4.46. The number of hydrogen-bond donors (Lipinski definition) is 1. The maximum Gasteiger partial charge on any atom is 0.238 e. The first-order valence-electron chi connectivity index (χ1n) is 6.03. The van der Waals surface area contributed by atoms with E-state index in [4.69, 9.17) is 5.14 Å². The Labute approximate surface area is 116 Å². The number of para-hydroxylation sites is 1. The molecule has 100 valence electrons. The first-order valence-corrected chi connectivity index (χ1v) is 7.57. The largest absolute Gasteiger partial charge is 0.256 e. The number of sulfonamides is 1. The van der Waals surface area contributed by atoms with Crippen LogP contribution in [0.2, 0.25) is 0 Å². The first kappa shape index (κ1) is 12.8. The number of aromatic nitrogens is 1. The summed E-state index contributed by atoms with van der Waals surface area (Å²) < 4.78 is 23.3. The van der Waals surface area contributed by atoms with Gasteiger partial charge >= 0.3 is 0 Å². The van der Waals surface area contributed by atoms with Crippen LogP contribution < -0.4 is 5.14 Å². The fraction of sp³-hybridized carbons (Fsp3) is 0. The second-order valence-corrected chi connectivity index (χ2v) is 5.99. The Kier molecular flexibility index (Phi) is 3.00. The van der Waals surface area contributed by atoms with Crippen LogP contribution >= 0.6 is 0 Å². The van der Waals surface area contributed by atoms with Gasteiger partial charge in [-0.25, -0.2) is 13.6 Å². The predicted molar refractivity (Wildman–Crippen MR) is 78.6 cm³/mol. The Morgan fingerprint density at radius 3 is 2.45 bits per heavy atom. The molecule has 0 spiro atoms. The molecule has 0 fully saturated rings. The van der Waals surface area contributed by atoms with E-state index in [0.29, 0.717) is 5.56 Å². The zero-order valence-electron chi connectivity index (χ0n) is 10.5. The van der Waals surface area contributed by atoms with Gasteiger partial charge in [0.2, 0.25) is 10.0 Å². The van der Waals surface area contributed by atoms with E-state index in [1.54, 1.807) is 24.4 Å². The quantitative estimate of drug-likeness (QED) is 0.786. The minimum Gasteiger partial charge on any atom is -0.256 e. The molecule has 0 amide bonds. The number of pyridine rings is 1. The van der Waals surface area contributed by atoms with Crippen LogP contribution in [0.5, 0.6) is 0 Å². The topological polar surface area (TPSA) is 73.1 Å². The number of hydrogen-bond acceptors (Lipinski definition) is 3. The van der Waals surface area contributed by atoms with E-state index in [2.05, 4.69) is 4.98 Å². The SMILES string of the molecule is NS(=O)(=O)c1ccccc1-c1cnc2ccccc2c1. The van der Waals surface area contributed by atoms with Crippen LogP contribution in [-0.4, -0.2) is 13.4 Å². The monoisotopic (exact) mass is 284 g/mol. The average molecular weight is 284 g/mol. The van der Waals surface area contributed by atoms with Gasteiger partial charge < -0.3 is 0 Å². The summed E-state index contributed by atoms with van der Waals surface area (Å²) in [6.45, 7) is 0. The summed E-state index contributed by atoms with van der Waals surface area (Å²) in [5.41, 5.74) is 2.16. The van der Waals surface area contributed by atoms with E-state index in [1.807, 2.05) is 30.3 Å². The van der Waals surface area contributed by atoms with Crippen molar-refractivity contribution in [2.75, 3.05) is 0 Å². The van der Waals surface area contributed by atoms with E-state index in [0.717, 1.165) is 16.5 Å². The van der Waals surface area contributed by atoms with Crippen molar-refractivity contribution in [1.82, 2.24) is 4.98 Å². The third-order valence-electron chi connectivity index (χ3n) is 3.10. The molecule has 4 nitrogen and oxygen atoms in total. The van der Waals surface area contributed by atoms with Gasteiger partial charge in [-0.1, -0.05) is 36.4 Å². The molecule has 0 aliphatic carbocycles. The Bertz CT molecular complexity index is 889. The van der Waals surface area contributed by atoms with Crippen LogP contribution in [0, 0.1) is 0 Å². The van der Waals surface area contributed by atoms with Gasteiger partial charge in [-0.05, 0) is 18.2 Å². The minimum absolute atomic E-state index is 0.108. The Morgan fingerprint density at radius 1 is 0.950 bits per heavy atom. The number of benzene rings is 2. The van der Waals surface area contributed by atoms with E-state index in [9.17, 15) is 8.42 Å². The molecule has 1 aromatic heterocycles. The summed E-state index contributed by atoms with van der Waals surface area (Å²) in [7, 11) is -3.76. The molecule has 0 aliphatic heterocycles. The van der Waals surface area contributed by atoms with Gasteiger partial charge in [0.1, 0.15) is 0 Å². The lowest BCUT2D eigenvalue weighted by Gasteiger charge is -2.08. The molecule has 0 bridgehead atoms. The molecule has 20 heavy (non-hydrogen) atoms. The first-order chi connectivity index (χ1) is 9.55. The molecule has 2 N–H and O–H groups in total.